The van der Waals surface area contributed by atoms with Crippen LogP contribution in [0.25, 0.3) is 4.91 Å². The third-order valence-corrected chi connectivity index (χ3v) is 3.80. The number of hydrogen-bond acceptors (Lipinski definition) is 4. The summed E-state index contributed by atoms with van der Waals surface area (Å²) in [5, 5.41) is 11.7. The van der Waals surface area contributed by atoms with E-state index in [1.54, 1.807) is 11.8 Å². The molecule has 0 atom stereocenters. The van der Waals surface area contributed by atoms with E-state index in [1.807, 2.05) is 55.5 Å². The summed E-state index contributed by atoms with van der Waals surface area (Å²) in [6.45, 7) is 20.2. The second-order valence-corrected chi connectivity index (χ2v) is 4.61. The predicted molar refractivity (Wildman–Crippen MR) is 105 cm³/mol. The molecule has 1 aromatic rings. The number of rotatable bonds is 3. The molecular formula is C18H37N3S. The maximum Gasteiger partial charge on any atom is 0.104 e. The highest BCUT2D eigenvalue weighted by Crippen LogP contribution is 2.29. The lowest BCUT2D eigenvalue weighted by atomic mass is 10.1. The Bertz CT molecular complexity index is 427. The lowest BCUT2D eigenvalue weighted by Crippen LogP contribution is -2.08. The summed E-state index contributed by atoms with van der Waals surface area (Å²) in [5.41, 5.74) is 5.56. The molecule has 1 rings (SSSR count). The molecule has 1 aromatic heterocycles. The van der Waals surface area contributed by atoms with Gasteiger partial charge in [-0.3, -0.25) is 0 Å². The van der Waals surface area contributed by atoms with Gasteiger partial charge in [0.05, 0.1) is 10.6 Å². The van der Waals surface area contributed by atoms with Crippen LogP contribution in [0.15, 0.2) is 5.70 Å². The first-order chi connectivity index (χ1) is 10.5. The van der Waals surface area contributed by atoms with Crippen molar-refractivity contribution in [2.45, 2.75) is 69.2 Å². The van der Waals surface area contributed by atoms with Crippen molar-refractivity contribution in [3.63, 3.8) is 0 Å². The van der Waals surface area contributed by atoms with E-state index < -0.39 is 0 Å². The molecule has 1 heterocycles. The van der Waals surface area contributed by atoms with Crippen molar-refractivity contribution in [1.82, 2.24) is 15.5 Å². The van der Waals surface area contributed by atoms with E-state index >= 15 is 0 Å². The topological polar surface area (TPSA) is 37.8 Å². The van der Waals surface area contributed by atoms with Gasteiger partial charge in [0, 0.05) is 12.7 Å². The van der Waals surface area contributed by atoms with E-state index in [2.05, 4.69) is 42.5 Å². The summed E-state index contributed by atoms with van der Waals surface area (Å²) in [6, 6.07) is 0. The van der Waals surface area contributed by atoms with Gasteiger partial charge in [-0.05, 0) is 45.1 Å². The van der Waals surface area contributed by atoms with Crippen LogP contribution in [-0.2, 0) is 0 Å². The van der Waals surface area contributed by atoms with Gasteiger partial charge in [0.25, 0.3) is 0 Å². The lowest BCUT2D eigenvalue weighted by Gasteiger charge is -2.13. The van der Waals surface area contributed by atoms with Gasteiger partial charge in [-0.1, -0.05) is 41.5 Å². The van der Waals surface area contributed by atoms with Crippen LogP contribution >= 0.6 is 11.8 Å². The van der Waals surface area contributed by atoms with E-state index in [1.165, 1.54) is 11.1 Å². The Hall–Kier alpha value is -1.03. The zero-order valence-electron chi connectivity index (χ0n) is 16.8. The summed E-state index contributed by atoms with van der Waals surface area (Å²) in [4.78, 5) is 1.16. The SMILES string of the molecule is CC.CC.CC.CN/C(C)=C(\SC)c1nnc(C)c(C)c1C. The Balaban J connectivity index is -0.000000535. The fraction of sp³-hybridized carbons (Fsp3) is 0.667. The average molecular weight is 328 g/mol. The van der Waals surface area contributed by atoms with Gasteiger partial charge in [0.1, 0.15) is 5.69 Å². The van der Waals surface area contributed by atoms with Crippen LogP contribution in [0.2, 0.25) is 0 Å². The molecule has 0 saturated heterocycles. The molecule has 0 aliphatic carbocycles. The molecule has 22 heavy (non-hydrogen) atoms. The highest BCUT2D eigenvalue weighted by Gasteiger charge is 2.12. The summed E-state index contributed by atoms with van der Waals surface area (Å²) in [7, 11) is 1.93. The number of allylic oxidation sites excluding steroid dienone is 1. The highest BCUT2D eigenvalue weighted by atomic mass is 32.2. The number of nitrogens with zero attached hydrogens (tertiary/aromatic N) is 2. The van der Waals surface area contributed by atoms with Crippen molar-refractivity contribution in [2.24, 2.45) is 0 Å². The van der Waals surface area contributed by atoms with Gasteiger partial charge >= 0.3 is 0 Å². The molecule has 0 fully saturated rings. The Labute approximate surface area is 143 Å². The summed E-state index contributed by atoms with van der Waals surface area (Å²) < 4.78 is 0. The molecule has 0 saturated carbocycles. The molecule has 0 amide bonds. The summed E-state index contributed by atoms with van der Waals surface area (Å²) >= 11 is 1.70. The minimum atomic E-state index is 0.988. The Morgan fingerprint density at radius 3 is 1.68 bits per heavy atom. The zero-order valence-corrected chi connectivity index (χ0v) is 17.6. The molecule has 130 valence electrons. The molecule has 0 bridgehead atoms. The van der Waals surface area contributed by atoms with Crippen molar-refractivity contribution in [2.75, 3.05) is 13.3 Å². The van der Waals surface area contributed by atoms with Crippen LogP contribution in [-0.4, -0.2) is 23.5 Å². The normalized spacial score (nSPS) is 9.82. The van der Waals surface area contributed by atoms with Crippen molar-refractivity contribution in [3.05, 3.63) is 28.2 Å². The standard InChI is InChI=1S/C12H19N3S.3C2H6/c1-7-8(2)11(15-14-9(7)3)12(16-6)10(4)13-5;3*1-2/h13H,1-6H3;3*1-2H3/b12-10-;;;. The van der Waals surface area contributed by atoms with Crippen LogP contribution in [0.5, 0.6) is 0 Å². The third-order valence-electron chi connectivity index (χ3n) is 2.90. The minimum Gasteiger partial charge on any atom is -0.391 e. The van der Waals surface area contributed by atoms with Crippen LogP contribution in [0.4, 0.5) is 0 Å². The molecule has 0 aliphatic rings. The minimum absolute atomic E-state index is 0.988. The number of nitrogens with one attached hydrogen (secondary N) is 1. The first-order valence-electron chi connectivity index (χ1n) is 8.26. The van der Waals surface area contributed by atoms with Crippen LogP contribution in [0, 0.1) is 20.8 Å². The fourth-order valence-corrected chi connectivity index (χ4v) is 2.28. The van der Waals surface area contributed by atoms with Crippen molar-refractivity contribution >= 4 is 16.7 Å². The molecule has 0 aliphatic heterocycles. The highest BCUT2D eigenvalue weighted by molar-refractivity contribution is 8.07. The van der Waals surface area contributed by atoms with Gasteiger partial charge in [-0.25, -0.2) is 0 Å². The number of aromatic nitrogens is 2. The van der Waals surface area contributed by atoms with E-state index in [0.29, 0.717) is 0 Å². The monoisotopic (exact) mass is 327 g/mol. The first-order valence-corrected chi connectivity index (χ1v) is 9.48. The van der Waals surface area contributed by atoms with Crippen molar-refractivity contribution in [1.29, 1.82) is 0 Å². The van der Waals surface area contributed by atoms with E-state index in [0.717, 1.165) is 22.0 Å². The molecule has 0 radical (unpaired) electrons. The maximum absolute atomic E-state index is 4.31. The molecule has 0 aromatic carbocycles. The maximum atomic E-state index is 4.31. The lowest BCUT2D eigenvalue weighted by molar-refractivity contribution is 0.924. The molecule has 1 N–H and O–H groups in total. The fourth-order valence-electron chi connectivity index (χ4n) is 1.48. The Kier molecular flexibility index (Phi) is 19.2. The van der Waals surface area contributed by atoms with Crippen LogP contribution < -0.4 is 5.32 Å². The van der Waals surface area contributed by atoms with E-state index in [4.69, 9.17) is 0 Å². The van der Waals surface area contributed by atoms with Crippen molar-refractivity contribution < 1.29 is 0 Å². The Morgan fingerprint density at radius 2 is 1.32 bits per heavy atom. The molecule has 0 unspecified atom stereocenters. The smallest absolute Gasteiger partial charge is 0.104 e. The molecule has 4 heteroatoms. The van der Waals surface area contributed by atoms with Gasteiger partial charge in [-0.15, -0.1) is 16.9 Å². The molecule has 0 spiro atoms. The van der Waals surface area contributed by atoms with E-state index in [9.17, 15) is 0 Å². The first kappa shape index (κ1) is 25.9. The summed E-state index contributed by atoms with van der Waals surface area (Å²) in [5.74, 6) is 0. The second-order valence-electron chi connectivity index (χ2n) is 3.79. The quantitative estimate of drug-likeness (QED) is 0.767. The average Bonchev–Trinajstić information content (AvgIpc) is 2.60. The second kappa shape index (κ2) is 16.3. The van der Waals surface area contributed by atoms with Gasteiger partial charge in [0.2, 0.25) is 0 Å². The molecule has 3 nitrogen and oxygen atoms in total. The van der Waals surface area contributed by atoms with Gasteiger partial charge in [-0.2, -0.15) is 5.10 Å². The predicted octanol–water partition coefficient (Wildman–Crippen LogP) is 5.75. The van der Waals surface area contributed by atoms with Gasteiger partial charge in [0.15, 0.2) is 0 Å². The van der Waals surface area contributed by atoms with Gasteiger partial charge < -0.3 is 5.32 Å². The zero-order chi connectivity index (χ0) is 18.3. The summed E-state index contributed by atoms with van der Waals surface area (Å²) in [6.07, 6.45) is 2.06. The third kappa shape index (κ3) is 7.83. The number of thioether (sulfide) groups is 1. The van der Waals surface area contributed by atoms with Crippen molar-refractivity contribution in [3.8, 4) is 0 Å². The van der Waals surface area contributed by atoms with Crippen LogP contribution in [0.3, 0.4) is 0 Å². The number of hydrogen-bond donors (Lipinski definition) is 1. The van der Waals surface area contributed by atoms with Crippen LogP contribution in [0.1, 0.15) is 71.0 Å². The van der Waals surface area contributed by atoms with E-state index in [-0.39, 0.29) is 0 Å². The Morgan fingerprint density at radius 1 is 0.864 bits per heavy atom. The molecular weight excluding hydrogens is 290 g/mol. The largest absolute Gasteiger partial charge is 0.391 e. The number of aryl methyl sites for hydroxylation is 1.